The molecule has 31 heavy (non-hydrogen) atoms. The van der Waals surface area contributed by atoms with E-state index in [4.69, 9.17) is 16.1 Å². The van der Waals surface area contributed by atoms with Crippen LogP contribution in [-0.4, -0.2) is 35.3 Å². The zero-order valence-electron chi connectivity index (χ0n) is 17.0. The van der Waals surface area contributed by atoms with Gasteiger partial charge in [-0.05, 0) is 43.5 Å². The Balaban J connectivity index is 1.63. The van der Waals surface area contributed by atoms with Gasteiger partial charge in [-0.2, -0.15) is 9.29 Å². The Hall–Kier alpha value is -2.75. The summed E-state index contributed by atoms with van der Waals surface area (Å²) in [6.45, 7) is 3.64. The molecule has 0 spiro atoms. The number of sulfonamides is 1. The number of benzene rings is 2. The van der Waals surface area contributed by atoms with E-state index < -0.39 is 16.1 Å². The molecular formula is C21H21ClN4O4S. The van der Waals surface area contributed by atoms with E-state index in [9.17, 15) is 13.2 Å². The molecule has 2 aromatic carbocycles. The first-order valence-corrected chi connectivity index (χ1v) is 11.6. The summed E-state index contributed by atoms with van der Waals surface area (Å²) >= 11 is 6.19. The van der Waals surface area contributed by atoms with Crippen LogP contribution in [0.2, 0.25) is 5.02 Å². The van der Waals surface area contributed by atoms with Crippen LogP contribution in [0.1, 0.15) is 37.3 Å². The average molecular weight is 461 g/mol. The van der Waals surface area contributed by atoms with Gasteiger partial charge in [0.05, 0.1) is 15.6 Å². The lowest BCUT2D eigenvalue weighted by Crippen LogP contribution is -2.31. The Morgan fingerprint density at radius 2 is 2.03 bits per heavy atom. The third-order valence-corrected chi connectivity index (χ3v) is 7.39. The number of rotatable bonds is 5. The smallest absolute Gasteiger partial charge is 0.245 e. The molecule has 1 N–H and O–H groups in total. The van der Waals surface area contributed by atoms with Gasteiger partial charge in [0.15, 0.2) is 0 Å². The van der Waals surface area contributed by atoms with Gasteiger partial charge >= 0.3 is 0 Å². The van der Waals surface area contributed by atoms with Crippen LogP contribution in [0.25, 0.3) is 11.4 Å². The van der Waals surface area contributed by atoms with E-state index in [2.05, 4.69) is 15.5 Å². The topological polar surface area (TPSA) is 105 Å². The molecule has 10 heteroatoms. The Kier molecular flexibility index (Phi) is 5.83. The molecule has 1 amide bonds. The maximum absolute atomic E-state index is 13.3. The number of halogens is 1. The molecule has 0 radical (unpaired) electrons. The van der Waals surface area contributed by atoms with Gasteiger partial charge in [0.25, 0.3) is 0 Å². The van der Waals surface area contributed by atoms with Crippen LogP contribution in [0, 0.1) is 6.92 Å². The number of hydrogen-bond donors (Lipinski definition) is 1. The molecule has 1 saturated heterocycles. The first-order valence-electron chi connectivity index (χ1n) is 9.76. The van der Waals surface area contributed by atoms with Crippen molar-refractivity contribution in [3.8, 4) is 11.4 Å². The Bertz CT molecular complexity index is 1240. The van der Waals surface area contributed by atoms with Crippen molar-refractivity contribution >= 4 is 33.2 Å². The second-order valence-corrected chi connectivity index (χ2v) is 9.67. The fourth-order valence-corrected chi connectivity index (χ4v) is 5.63. The molecule has 2 heterocycles. The standard InChI is InChI=1S/C21H21ClN4O4S/c1-13-6-3-4-7-16(13)20-24-21(30-25-20)19-8-5-11-26(19)31(28,29)15-9-10-18(17(22)12-15)23-14(2)27/h3-4,6-7,9-10,12,19H,5,8,11H2,1-2H3,(H,23,27)/t19-/m0/s1. The SMILES string of the molecule is CC(=O)Nc1ccc(S(=O)(=O)N2CCC[C@H]2c2nc(-c3ccccc3C)no2)cc1Cl. The molecular weight excluding hydrogens is 440 g/mol. The number of aryl methyl sites for hydroxylation is 1. The second kappa shape index (κ2) is 8.41. The van der Waals surface area contributed by atoms with Crippen LogP contribution < -0.4 is 5.32 Å². The third kappa shape index (κ3) is 4.21. The summed E-state index contributed by atoms with van der Waals surface area (Å²) < 4.78 is 33.5. The highest BCUT2D eigenvalue weighted by Gasteiger charge is 2.39. The predicted octanol–water partition coefficient (Wildman–Crippen LogP) is 4.18. The Labute approximate surface area is 185 Å². The largest absolute Gasteiger partial charge is 0.337 e. The Morgan fingerprint density at radius 3 is 2.74 bits per heavy atom. The van der Waals surface area contributed by atoms with Gasteiger partial charge in [0.2, 0.25) is 27.6 Å². The molecule has 4 rings (SSSR count). The van der Waals surface area contributed by atoms with Crippen LogP contribution >= 0.6 is 11.6 Å². The lowest BCUT2D eigenvalue weighted by molar-refractivity contribution is -0.114. The highest BCUT2D eigenvalue weighted by Crippen LogP contribution is 2.37. The van der Waals surface area contributed by atoms with E-state index >= 15 is 0 Å². The van der Waals surface area contributed by atoms with E-state index in [-0.39, 0.29) is 21.7 Å². The molecule has 0 saturated carbocycles. The van der Waals surface area contributed by atoms with Gasteiger partial charge < -0.3 is 9.84 Å². The zero-order chi connectivity index (χ0) is 22.2. The minimum Gasteiger partial charge on any atom is -0.337 e. The molecule has 1 aliphatic heterocycles. The maximum Gasteiger partial charge on any atom is 0.245 e. The molecule has 3 aromatic rings. The predicted molar refractivity (Wildman–Crippen MR) is 116 cm³/mol. The fourth-order valence-electron chi connectivity index (χ4n) is 3.66. The average Bonchev–Trinajstić information content (AvgIpc) is 3.39. The molecule has 0 aliphatic carbocycles. The normalized spacial score (nSPS) is 17.1. The van der Waals surface area contributed by atoms with Gasteiger partial charge in [0, 0.05) is 19.0 Å². The zero-order valence-corrected chi connectivity index (χ0v) is 18.6. The van der Waals surface area contributed by atoms with Crippen molar-refractivity contribution in [2.45, 2.75) is 37.6 Å². The van der Waals surface area contributed by atoms with E-state index in [1.165, 1.54) is 29.4 Å². The van der Waals surface area contributed by atoms with Gasteiger partial charge in [-0.15, -0.1) is 0 Å². The van der Waals surface area contributed by atoms with E-state index in [0.29, 0.717) is 30.9 Å². The summed E-state index contributed by atoms with van der Waals surface area (Å²) in [5.74, 6) is 0.401. The summed E-state index contributed by atoms with van der Waals surface area (Å²) in [5, 5.41) is 6.78. The van der Waals surface area contributed by atoms with E-state index in [1.54, 1.807) is 0 Å². The van der Waals surface area contributed by atoms with Crippen molar-refractivity contribution in [3.63, 3.8) is 0 Å². The lowest BCUT2D eigenvalue weighted by atomic mass is 10.1. The van der Waals surface area contributed by atoms with Crippen molar-refractivity contribution in [3.05, 3.63) is 58.9 Å². The summed E-state index contributed by atoms with van der Waals surface area (Å²) in [7, 11) is -3.86. The first-order chi connectivity index (χ1) is 14.8. The third-order valence-electron chi connectivity index (χ3n) is 5.17. The summed E-state index contributed by atoms with van der Waals surface area (Å²) in [6.07, 6.45) is 1.25. The van der Waals surface area contributed by atoms with Crippen LogP contribution in [0.5, 0.6) is 0 Å². The van der Waals surface area contributed by atoms with Crippen LogP contribution in [0.3, 0.4) is 0 Å². The van der Waals surface area contributed by atoms with Gasteiger partial charge in [0.1, 0.15) is 6.04 Å². The number of carbonyl (C=O) groups excluding carboxylic acids is 1. The van der Waals surface area contributed by atoms with Gasteiger partial charge in [-0.3, -0.25) is 4.79 Å². The number of aromatic nitrogens is 2. The van der Waals surface area contributed by atoms with E-state index in [0.717, 1.165) is 11.1 Å². The van der Waals surface area contributed by atoms with Crippen molar-refractivity contribution in [1.82, 2.24) is 14.4 Å². The minimum atomic E-state index is -3.86. The Morgan fingerprint density at radius 1 is 1.26 bits per heavy atom. The van der Waals surface area contributed by atoms with Crippen LogP contribution in [-0.2, 0) is 14.8 Å². The summed E-state index contributed by atoms with van der Waals surface area (Å²) in [5.41, 5.74) is 2.19. The van der Waals surface area contributed by atoms with Crippen LogP contribution in [0.15, 0.2) is 51.9 Å². The number of carbonyl (C=O) groups is 1. The minimum absolute atomic E-state index is 0.0390. The van der Waals surface area contributed by atoms with Crippen LogP contribution in [0.4, 0.5) is 5.69 Å². The number of anilines is 1. The number of nitrogens with one attached hydrogen (secondary N) is 1. The monoisotopic (exact) mass is 460 g/mol. The molecule has 1 atom stereocenters. The second-order valence-electron chi connectivity index (χ2n) is 7.37. The number of amides is 1. The number of hydrogen-bond acceptors (Lipinski definition) is 6. The van der Waals surface area contributed by atoms with Crippen molar-refractivity contribution < 1.29 is 17.7 Å². The first kappa shape index (κ1) is 21.5. The van der Waals surface area contributed by atoms with Crippen molar-refractivity contribution in [2.24, 2.45) is 0 Å². The summed E-state index contributed by atoms with van der Waals surface area (Å²) in [6, 6.07) is 11.3. The molecule has 0 unspecified atom stereocenters. The van der Waals surface area contributed by atoms with Gasteiger partial charge in [-0.1, -0.05) is 41.0 Å². The molecule has 1 aliphatic rings. The highest BCUT2D eigenvalue weighted by molar-refractivity contribution is 7.89. The quantitative estimate of drug-likeness (QED) is 0.612. The van der Waals surface area contributed by atoms with Gasteiger partial charge in [-0.25, -0.2) is 8.42 Å². The molecule has 1 aromatic heterocycles. The van der Waals surface area contributed by atoms with Crippen molar-refractivity contribution in [1.29, 1.82) is 0 Å². The molecule has 0 bridgehead atoms. The van der Waals surface area contributed by atoms with Crippen molar-refractivity contribution in [2.75, 3.05) is 11.9 Å². The number of nitrogens with zero attached hydrogens (tertiary/aromatic N) is 3. The fraction of sp³-hybridized carbons (Fsp3) is 0.286. The summed E-state index contributed by atoms with van der Waals surface area (Å²) in [4.78, 5) is 15.8. The maximum atomic E-state index is 13.3. The molecule has 1 fully saturated rings. The van der Waals surface area contributed by atoms with E-state index in [1.807, 2.05) is 31.2 Å². The lowest BCUT2D eigenvalue weighted by Gasteiger charge is -2.21. The highest BCUT2D eigenvalue weighted by atomic mass is 35.5. The molecule has 8 nitrogen and oxygen atoms in total. The molecule has 162 valence electrons.